The largest absolute Gasteiger partial charge is 0.420 e. The Kier molecular flexibility index (Phi) is 3.78. The molecular formula is C16H21N3OS. The first kappa shape index (κ1) is 13.5. The van der Waals surface area contributed by atoms with E-state index < -0.39 is 0 Å². The highest BCUT2D eigenvalue weighted by Gasteiger charge is 2.20. The van der Waals surface area contributed by atoms with Crippen LogP contribution in [0.25, 0.3) is 10.8 Å². The van der Waals surface area contributed by atoms with Gasteiger partial charge < -0.3 is 9.73 Å². The summed E-state index contributed by atoms with van der Waals surface area (Å²) in [5.74, 6) is 1.45. The lowest BCUT2D eigenvalue weighted by Gasteiger charge is -1.97. The van der Waals surface area contributed by atoms with Gasteiger partial charge in [0.25, 0.3) is 5.89 Å². The van der Waals surface area contributed by atoms with E-state index >= 15 is 0 Å². The second kappa shape index (κ2) is 5.89. The summed E-state index contributed by atoms with van der Waals surface area (Å²) in [5, 5.41) is 11.9. The lowest BCUT2D eigenvalue weighted by Crippen LogP contribution is -2.19. The Balaban J connectivity index is 1.44. The SMILES string of the molecule is c1c(-c2nnc(CCNC3CC3)o2)sc2c1CCCCC2. The summed E-state index contributed by atoms with van der Waals surface area (Å²) in [6, 6.07) is 3.01. The molecule has 0 amide bonds. The van der Waals surface area contributed by atoms with Crippen molar-refractivity contribution in [2.45, 2.75) is 57.4 Å². The molecular weight excluding hydrogens is 282 g/mol. The predicted octanol–water partition coefficient (Wildman–Crippen LogP) is 3.36. The fourth-order valence-electron chi connectivity index (χ4n) is 2.90. The number of nitrogens with zero attached hydrogens (tertiary/aromatic N) is 2. The number of nitrogens with one attached hydrogen (secondary N) is 1. The van der Waals surface area contributed by atoms with Crippen LogP contribution in [-0.4, -0.2) is 22.8 Å². The molecule has 21 heavy (non-hydrogen) atoms. The van der Waals surface area contributed by atoms with Gasteiger partial charge in [0.1, 0.15) is 0 Å². The molecule has 2 aliphatic carbocycles. The first-order chi connectivity index (χ1) is 10.4. The monoisotopic (exact) mass is 303 g/mol. The minimum Gasteiger partial charge on any atom is -0.420 e. The van der Waals surface area contributed by atoms with Crippen molar-refractivity contribution in [2.75, 3.05) is 6.54 Å². The van der Waals surface area contributed by atoms with Crippen LogP contribution in [0.5, 0.6) is 0 Å². The van der Waals surface area contributed by atoms with Crippen LogP contribution in [0.1, 0.15) is 48.4 Å². The maximum absolute atomic E-state index is 5.83. The fraction of sp³-hybridized carbons (Fsp3) is 0.625. The van der Waals surface area contributed by atoms with Gasteiger partial charge in [0.15, 0.2) is 0 Å². The van der Waals surface area contributed by atoms with E-state index in [0.717, 1.165) is 29.8 Å². The van der Waals surface area contributed by atoms with Gasteiger partial charge in [-0.3, -0.25) is 0 Å². The summed E-state index contributed by atoms with van der Waals surface area (Å²) in [4.78, 5) is 2.67. The topological polar surface area (TPSA) is 51.0 Å². The average molecular weight is 303 g/mol. The van der Waals surface area contributed by atoms with E-state index in [0.29, 0.717) is 5.89 Å². The molecule has 0 unspecified atom stereocenters. The molecule has 0 aliphatic heterocycles. The third-order valence-corrected chi connectivity index (χ3v) is 5.50. The Morgan fingerprint density at radius 2 is 2.10 bits per heavy atom. The highest BCUT2D eigenvalue weighted by molar-refractivity contribution is 7.15. The molecule has 5 heteroatoms. The van der Waals surface area contributed by atoms with Crippen LogP contribution in [0, 0.1) is 0 Å². The molecule has 0 aromatic carbocycles. The van der Waals surface area contributed by atoms with Crippen LogP contribution in [0.3, 0.4) is 0 Å². The van der Waals surface area contributed by atoms with Crippen molar-refractivity contribution in [1.29, 1.82) is 0 Å². The summed E-state index contributed by atoms with van der Waals surface area (Å²) < 4.78 is 5.83. The molecule has 0 saturated heterocycles. The number of rotatable bonds is 5. The van der Waals surface area contributed by atoms with E-state index in [-0.39, 0.29) is 0 Å². The van der Waals surface area contributed by atoms with Gasteiger partial charge in [-0.2, -0.15) is 0 Å². The van der Waals surface area contributed by atoms with Gasteiger partial charge in [-0.15, -0.1) is 21.5 Å². The molecule has 112 valence electrons. The van der Waals surface area contributed by atoms with Crippen molar-refractivity contribution in [3.8, 4) is 10.8 Å². The average Bonchev–Trinajstić information content (AvgIpc) is 3.12. The molecule has 2 aliphatic rings. The molecule has 2 aromatic heterocycles. The maximum atomic E-state index is 5.83. The van der Waals surface area contributed by atoms with Gasteiger partial charge in [-0.1, -0.05) is 6.42 Å². The first-order valence-electron chi connectivity index (χ1n) is 8.06. The van der Waals surface area contributed by atoms with Crippen LogP contribution in [0.4, 0.5) is 0 Å². The number of fused-ring (bicyclic) bond motifs is 1. The first-order valence-corrected chi connectivity index (χ1v) is 8.88. The molecule has 1 fully saturated rings. The Labute approximate surface area is 129 Å². The van der Waals surface area contributed by atoms with E-state index in [4.69, 9.17) is 4.42 Å². The third-order valence-electron chi connectivity index (χ3n) is 4.27. The van der Waals surface area contributed by atoms with Crippen molar-refractivity contribution < 1.29 is 4.42 Å². The molecule has 4 rings (SSSR count). The van der Waals surface area contributed by atoms with E-state index in [1.807, 2.05) is 11.3 Å². The summed E-state index contributed by atoms with van der Waals surface area (Å²) in [6.45, 7) is 0.938. The molecule has 1 saturated carbocycles. The molecule has 1 N–H and O–H groups in total. The van der Waals surface area contributed by atoms with Crippen LogP contribution in [0.15, 0.2) is 10.5 Å². The van der Waals surface area contributed by atoms with Gasteiger partial charge in [0, 0.05) is 23.9 Å². The van der Waals surface area contributed by atoms with E-state index in [9.17, 15) is 0 Å². The van der Waals surface area contributed by atoms with Crippen molar-refractivity contribution >= 4 is 11.3 Å². The number of aromatic nitrogens is 2. The number of aryl methyl sites for hydroxylation is 2. The lowest BCUT2D eigenvalue weighted by molar-refractivity contribution is 0.495. The lowest BCUT2D eigenvalue weighted by atomic mass is 10.1. The van der Waals surface area contributed by atoms with Crippen LogP contribution in [0.2, 0.25) is 0 Å². The van der Waals surface area contributed by atoms with Gasteiger partial charge in [0.2, 0.25) is 5.89 Å². The Bertz CT molecular complexity index is 591. The standard InChI is InChI=1S/C16H21N3OS/c1-2-4-11-10-14(21-13(11)5-3-1)16-19-18-15(20-16)8-9-17-12-6-7-12/h10,12,17H,1-9H2. The minimum atomic E-state index is 0.703. The normalized spacial score (nSPS) is 18.5. The zero-order chi connectivity index (χ0) is 14.1. The van der Waals surface area contributed by atoms with Gasteiger partial charge in [-0.25, -0.2) is 0 Å². The van der Waals surface area contributed by atoms with Crippen LogP contribution >= 0.6 is 11.3 Å². The summed E-state index contributed by atoms with van der Waals surface area (Å²) in [7, 11) is 0. The highest BCUT2D eigenvalue weighted by atomic mass is 32.1. The van der Waals surface area contributed by atoms with Gasteiger partial charge in [-0.05, 0) is 50.2 Å². The summed E-state index contributed by atoms with van der Waals surface area (Å²) in [6.07, 6.45) is 9.86. The third kappa shape index (κ3) is 3.19. The molecule has 0 atom stereocenters. The Morgan fingerprint density at radius 1 is 1.19 bits per heavy atom. The van der Waals surface area contributed by atoms with E-state index in [1.165, 1.54) is 55.4 Å². The second-order valence-corrected chi connectivity index (χ2v) is 7.24. The molecule has 4 nitrogen and oxygen atoms in total. The van der Waals surface area contributed by atoms with E-state index in [1.54, 1.807) is 0 Å². The van der Waals surface area contributed by atoms with Crippen molar-refractivity contribution in [2.24, 2.45) is 0 Å². The van der Waals surface area contributed by atoms with Gasteiger partial charge in [0.05, 0.1) is 4.88 Å². The number of hydrogen-bond acceptors (Lipinski definition) is 5. The summed E-state index contributed by atoms with van der Waals surface area (Å²) >= 11 is 1.84. The molecule has 0 spiro atoms. The quantitative estimate of drug-likeness (QED) is 0.861. The minimum absolute atomic E-state index is 0.703. The fourth-order valence-corrected chi connectivity index (χ4v) is 4.07. The van der Waals surface area contributed by atoms with E-state index in [2.05, 4.69) is 21.6 Å². The van der Waals surface area contributed by atoms with Crippen molar-refractivity contribution in [1.82, 2.24) is 15.5 Å². The van der Waals surface area contributed by atoms with Crippen LogP contribution < -0.4 is 5.32 Å². The predicted molar refractivity (Wildman–Crippen MR) is 83.6 cm³/mol. The molecule has 0 radical (unpaired) electrons. The number of hydrogen-bond donors (Lipinski definition) is 1. The zero-order valence-corrected chi connectivity index (χ0v) is 13.0. The Hall–Kier alpha value is -1.20. The molecule has 2 heterocycles. The second-order valence-electron chi connectivity index (χ2n) is 6.10. The van der Waals surface area contributed by atoms with Gasteiger partial charge >= 0.3 is 0 Å². The van der Waals surface area contributed by atoms with Crippen molar-refractivity contribution in [3.63, 3.8) is 0 Å². The molecule has 2 aromatic rings. The maximum Gasteiger partial charge on any atom is 0.257 e. The highest BCUT2D eigenvalue weighted by Crippen LogP contribution is 2.34. The zero-order valence-electron chi connectivity index (χ0n) is 12.2. The smallest absolute Gasteiger partial charge is 0.257 e. The number of thiophene rings is 1. The molecule has 0 bridgehead atoms. The van der Waals surface area contributed by atoms with Crippen LogP contribution in [-0.2, 0) is 19.3 Å². The Morgan fingerprint density at radius 3 is 3.00 bits per heavy atom. The van der Waals surface area contributed by atoms with Crippen molar-refractivity contribution in [3.05, 3.63) is 22.4 Å². The summed E-state index contributed by atoms with van der Waals surface area (Å²) in [5.41, 5.74) is 1.50.